The summed E-state index contributed by atoms with van der Waals surface area (Å²) in [5.74, 6) is 6.25. The van der Waals surface area contributed by atoms with Gasteiger partial charge >= 0.3 is 0 Å². The van der Waals surface area contributed by atoms with Crippen molar-refractivity contribution >= 4 is 16.5 Å². The van der Waals surface area contributed by atoms with Crippen LogP contribution in [-0.2, 0) is 0 Å². The number of ether oxygens (including phenoxy) is 1. The lowest BCUT2D eigenvalue weighted by atomic mass is 10.1. The topological polar surface area (TPSA) is 60.2 Å². The number of hydrogen-bond donors (Lipinski definition) is 2. The zero-order valence-electron chi connectivity index (χ0n) is 10.7. The van der Waals surface area contributed by atoms with Gasteiger partial charge in [-0.15, -0.1) is 11.3 Å². The van der Waals surface area contributed by atoms with Crippen molar-refractivity contribution < 1.29 is 4.74 Å². The predicted octanol–water partition coefficient (Wildman–Crippen LogP) is 3.19. The summed E-state index contributed by atoms with van der Waals surface area (Å²) in [5.41, 5.74) is 5.65. The molecule has 0 unspecified atom stereocenters. The first-order valence-corrected chi connectivity index (χ1v) is 6.68. The molecule has 0 atom stereocenters. The minimum atomic E-state index is 0.182. The first kappa shape index (κ1) is 12.9. The van der Waals surface area contributed by atoms with Crippen molar-refractivity contribution in [2.45, 2.75) is 26.9 Å². The summed E-state index contributed by atoms with van der Waals surface area (Å²) < 4.78 is 5.71. The van der Waals surface area contributed by atoms with Gasteiger partial charge in [0.15, 0.2) is 5.13 Å². The van der Waals surface area contributed by atoms with Gasteiger partial charge in [-0.3, -0.25) is 5.43 Å². The largest absolute Gasteiger partial charge is 0.491 e. The molecule has 0 saturated heterocycles. The van der Waals surface area contributed by atoms with Crippen LogP contribution >= 0.6 is 11.3 Å². The van der Waals surface area contributed by atoms with E-state index in [-0.39, 0.29) is 6.10 Å². The third kappa shape index (κ3) is 2.80. The maximum Gasteiger partial charge on any atom is 0.197 e. The maximum absolute atomic E-state index is 5.71. The third-order valence-corrected chi connectivity index (χ3v) is 3.23. The highest BCUT2D eigenvalue weighted by molar-refractivity contribution is 7.14. The number of aryl methyl sites for hydroxylation is 1. The van der Waals surface area contributed by atoms with Gasteiger partial charge < -0.3 is 4.74 Å². The summed E-state index contributed by atoms with van der Waals surface area (Å²) in [6.45, 7) is 6.08. The van der Waals surface area contributed by atoms with Gasteiger partial charge in [0.05, 0.1) is 11.8 Å². The Labute approximate surface area is 111 Å². The van der Waals surface area contributed by atoms with E-state index >= 15 is 0 Å². The van der Waals surface area contributed by atoms with Crippen LogP contribution in [-0.4, -0.2) is 11.1 Å². The number of nitrogen functional groups attached to an aromatic ring is 1. The quantitative estimate of drug-likeness (QED) is 0.657. The number of nitrogens with zero attached hydrogens (tertiary/aromatic N) is 1. The van der Waals surface area contributed by atoms with Crippen molar-refractivity contribution in [3.8, 4) is 17.0 Å². The Morgan fingerprint density at radius 1 is 1.39 bits per heavy atom. The van der Waals surface area contributed by atoms with E-state index in [4.69, 9.17) is 10.6 Å². The number of hydrogen-bond acceptors (Lipinski definition) is 5. The molecule has 18 heavy (non-hydrogen) atoms. The zero-order valence-corrected chi connectivity index (χ0v) is 11.5. The van der Waals surface area contributed by atoms with Crippen LogP contribution in [0.25, 0.3) is 11.3 Å². The second-order valence-corrected chi connectivity index (χ2v) is 5.19. The average Bonchev–Trinajstić information content (AvgIpc) is 2.80. The highest BCUT2D eigenvalue weighted by atomic mass is 32.1. The smallest absolute Gasteiger partial charge is 0.197 e. The second-order valence-electron chi connectivity index (χ2n) is 4.33. The Bertz CT molecular complexity index is 537. The van der Waals surface area contributed by atoms with E-state index in [2.05, 4.69) is 16.5 Å². The van der Waals surface area contributed by atoms with Crippen LogP contribution in [0, 0.1) is 6.92 Å². The molecular weight excluding hydrogens is 246 g/mol. The van der Waals surface area contributed by atoms with Gasteiger partial charge in [-0.2, -0.15) is 0 Å². The highest BCUT2D eigenvalue weighted by Gasteiger charge is 2.07. The Balaban J connectivity index is 2.28. The van der Waals surface area contributed by atoms with E-state index in [9.17, 15) is 0 Å². The Kier molecular flexibility index (Phi) is 3.84. The van der Waals surface area contributed by atoms with E-state index < -0.39 is 0 Å². The molecule has 1 aromatic heterocycles. The van der Waals surface area contributed by atoms with E-state index in [1.165, 1.54) is 11.3 Å². The number of nitrogens with two attached hydrogens (primary N) is 1. The molecule has 2 aromatic rings. The Morgan fingerprint density at radius 3 is 2.72 bits per heavy atom. The molecule has 0 aliphatic carbocycles. The second kappa shape index (κ2) is 5.37. The van der Waals surface area contributed by atoms with E-state index in [1.807, 2.05) is 38.3 Å². The molecule has 0 spiro atoms. The van der Waals surface area contributed by atoms with Gasteiger partial charge in [0, 0.05) is 10.9 Å². The first-order valence-electron chi connectivity index (χ1n) is 5.80. The van der Waals surface area contributed by atoms with Crippen LogP contribution in [0.2, 0.25) is 0 Å². The number of rotatable bonds is 4. The van der Waals surface area contributed by atoms with E-state index in [0.29, 0.717) is 5.13 Å². The van der Waals surface area contributed by atoms with E-state index in [0.717, 1.165) is 22.6 Å². The summed E-state index contributed by atoms with van der Waals surface area (Å²) in [7, 11) is 0. The van der Waals surface area contributed by atoms with Crippen molar-refractivity contribution in [2.75, 3.05) is 5.43 Å². The molecule has 0 bridgehead atoms. The fourth-order valence-corrected chi connectivity index (χ4v) is 2.30. The number of hydrazine groups is 1. The van der Waals surface area contributed by atoms with Gasteiger partial charge in [-0.05, 0) is 44.5 Å². The minimum Gasteiger partial charge on any atom is -0.491 e. The molecule has 3 N–H and O–H groups in total. The standard InChI is InChI=1S/C13H17N3OS/c1-8(2)17-12-5-4-10(6-9(12)3)11-7-18-13(15-11)16-14/h4-8H,14H2,1-3H3,(H,15,16). The van der Waals surface area contributed by atoms with Gasteiger partial charge in [0.1, 0.15) is 5.75 Å². The molecule has 0 aliphatic heterocycles. The normalized spacial score (nSPS) is 10.7. The lowest BCUT2D eigenvalue weighted by molar-refractivity contribution is 0.241. The number of nitrogens with one attached hydrogen (secondary N) is 1. The van der Waals surface area contributed by atoms with Crippen molar-refractivity contribution in [3.05, 3.63) is 29.1 Å². The molecule has 2 rings (SSSR count). The molecule has 5 heteroatoms. The van der Waals surface area contributed by atoms with Crippen molar-refractivity contribution in [3.63, 3.8) is 0 Å². The molecule has 1 heterocycles. The summed E-state index contributed by atoms with van der Waals surface area (Å²) >= 11 is 1.49. The van der Waals surface area contributed by atoms with Gasteiger partial charge in [0.2, 0.25) is 0 Å². The number of anilines is 1. The predicted molar refractivity (Wildman–Crippen MR) is 75.9 cm³/mol. The molecule has 4 nitrogen and oxygen atoms in total. The SMILES string of the molecule is Cc1cc(-c2csc(NN)n2)ccc1OC(C)C. The molecule has 0 fully saturated rings. The van der Waals surface area contributed by atoms with Crippen molar-refractivity contribution in [1.29, 1.82) is 0 Å². The molecule has 1 aromatic carbocycles. The monoisotopic (exact) mass is 263 g/mol. The van der Waals surface area contributed by atoms with Crippen molar-refractivity contribution in [2.24, 2.45) is 5.84 Å². The van der Waals surface area contributed by atoms with Crippen LogP contribution in [0.3, 0.4) is 0 Å². The van der Waals surface area contributed by atoms with Crippen LogP contribution < -0.4 is 16.0 Å². The number of thiazole rings is 1. The molecule has 0 saturated carbocycles. The molecule has 0 aliphatic rings. The van der Waals surface area contributed by atoms with E-state index in [1.54, 1.807) is 0 Å². The number of aromatic nitrogens is 1. The zero-order chi connectivity index (χ0) is 13.1. The van der Waals surface area contributed by atoms with Gasteiger partial charge in [-0.25, -0.2) is 10.8 Å². The lowest BCUT2D eigenvalue weighted by Crippen LogP contribution is -2.06. The highest BCUT2D eigenvalue weighted by Crippen LogP contribution is 2.28. The Morgan fingerprint density at radius 2 is 2.17 bits per heavy atom. The first-order chi connectivity index (χ1) is 8.60. The average molecular weight is 263 g/mol. The summed E-state index contributed by atoms with van der Waals surface area (Å²) in [6.07, 6.45) is 0.182. The minimum absolute atomic E-state index is 0.182. The fourth-order valence-electron chi connectivity index (χ4n) is 1.67. The van der Waals surface area contributed by atoms with Gasteiger partial charge in [-0.1, -0.05) is 0 Å². The van der Waals surface area contributed by atoms with Crippen LogP contribution in [0.5, 0.6) is 5.75 Å². The fraction of sp³-hybridized carbons (Fsp3) is 0.308. The van der Waals surface area contributed by atoms with Crippen LogP contribution in [0.15, 0.2) is 23.6 Å². The van der Waals surface area contributed by atoms with Gasteiger partial charge in [0.25, 0.3) is 0 Å². The summed E-state index contributed by atoms with van der Waals surface area (Å²) in [6, 6.07) is 6.08. The van der Waals surface area contributed by atoms with Crippen LogP contribution in [0.1, 0.15) is 19.4 Å². The summed E-state index contributed by atoms with van der Waals surface area (Å²) in [5, 5.41) is 2.69. The number of benzene rings is 1. The lowest BCUT2D eigenvalue weighted by Gasteiger charge is -2.12. The maximum atomic E-state index is 5.71. The molecule has 0 amide bonds. The molecule has 96 valence electrons. The molecule has 0 radical (unpaired) electrons. The Hall–Kier alpha value is -1.59. The van der Waals surface area contributed by atoms with Crippen LogP contribution in [0.4, 0.5) is 5.13 Å². The third-order valence-electron chi connectivity index (χ3n) is 2.46. The summed E-state index contributed by atoms with van der Waals surface area (Å²) in [4.78, 5) is 4.37. The van der Waals surface area contributed by atoms with Crippen molar-refractivity contribution in [1.82, 2.24) is 4.98 Å². The molecular formula is C13H17N3OS.